The van der Waals surface area contributed by atoms with Crippen LogP contribution in [0.1, 0.15) is 6.92 Å². The third-order valence-corrected chi connectivity index (χ3v) is 3.42. The molecule has 0 spiro atoms. The summed E-state index contributed by atoms with van der Waals surface area (Å²) >= 11 is 0. The van der Waals surface area contributed by atoms with Crippen molar-refractivity contribution in [3.05, 3.63) is 36.4 Å². The molecule has 5 nitrogen and oxygen atoms in total. The molecule has 0 fully saturated rings. The van der Waals surface area contributed by atoms with Gasteiger partial charge >= 0.3 is 0 Å². The standard InChI is InChI=1S/C12H13NO4S/c1-2-17-13-11-8-7-9-5-3-4-6-10(9)12(11)18(14,15)16/h3-8,13H,2H2,1H3,(H,14,15,16). The molecule has 0 aromatic heterocycles. The molecule has 0 unspecified atom stereocenters. The summed E-state index contributed by atoms with van der Waals surface area (Å²) in [6.45, 7) is 2.14. The molecule has 0 saturated carbocycles. The third kappa shape index (κ3) is 2.45. The molecule has 96 valence electrons. The number of benzene rings is 2. The fourth-order valence-electron chi connectivity index (χ4n) is 1.75. The second-order valence-corrected chi connectivity index (χ2v) is 5.03. The predicted octanol–water partition coefficient (Wildman–Crippen LogP) is 2.45. The summed E-state index contributed by atoms with van der Waals surface area (Å²) in [7, 11) is -4.33. The van der Waals surface area contributed by atoms with Crippen molar-refractivity contribution in [2.75, 3.05) is 12.1 Å². The van der Waals surface area contributed by atoms with Gasteiger partial charge in [0.1, 0.15) is 4.90 Å². The lowest BCUT2D eigenvalue weighted by Gasteiger charge is -2.11. The van der Waals surface area contributed by atoms with Crippen molar-refractivity contribution in [2.24, 2.45) is 0 Å². The molecule has 0 bridgehead atoms. The van der Waals surface area contributed by atoms with Gasteiger partial charge in [-0.15, -0.1) is 0 Å². The summed E-state index contributed by atoms with van der Waals surface area (Å²) in [6.07, 6.45) is 0. The highest BCUT2D eigenvalue weighted by Crippen LogP contribution is 2.30. The molecule has 0 radical (unpaired) electrons. The van der Waals surface area contributed by atoms with E-state index in [1.165, 1.54) is 0 Å². The smallest absolute Gasteiger partial charge is 0.282 e. The number of hydrogen-bond acceptors (Lipinski definition) is 4. The molecule has 0 aliphatic rings. The molecular weight excluding hydrogens is 254 g/mol. The van der Waals surface area contributed by atoms with E-state index in [0.717, 1.165) is 5.39 Å². The molecule has 2 rings (SSSR count). The molecular formula is C12H13NO4S. The fraction of sp³-hybridized carbons (Fsp3) is 0.167. The SMILES string of the molecule is CCONc1ccc2ccccc2c1S(=O)(=O)O. The van der Waals surface area contributed by atoms with Crippen LogP contribution in [-0.2, 0) is 15.0 Å². The van der Waals surface area contributed by atoms with E-state index in [1.54, 1.807) is 43.3 Å². The zero-order chi connectivity index (χ0) is 13.2. The van der Waals surface area contributed by atoms with Gasteiger partial charge in [0.05, 0.1) is 12.3 Å². The summed E-state index contributed by atoms with van der Waals surface area (Å²) < 4.78 is 32.3. The first-order valence-electron chi connectivity index (χ1n) is 5.41. The first-order valence-corrected chi connectivity index (χ1v) is 6.85. The largest absolute Gasteiger partial charge is 0.297 e. The second-order valence-electron chi connectivity index (χ2n) is 3.67. The Hall–Kier alpha value is -1.63. The van der Waals surface area contributed by atoms with Gasteiger partial charge in [-0.25, -0.2) is 0 Å². The molecule has 2 N–H and O–H groups in total. The van der Waals surface area contributed by atoms with Crippen LogP contribution in [0.25, 0.3) is 10.8 Å². The highest BCUT2D eigenvalue weighted by molar-refractivity contribution is 7.86. The van der Waals surface area contributed by atoms with Gasteiger partial charge in [0.25, 0.3) is 10.1 Å². The first kappa shape index (κ1) is 12.8. The van der Waals surface area contributed by atoms with E-state index in [-0.39, 0.29) is 10.6 Å². The maximum Gasteiger partial charge on any atom is 0.297 e. The van der Waals surface area contributed by atoms with Crippen LogP contribution >= 0.6 is 0 Å². The molecule has 2 aromatic carbocycles. The molecule has 0 amide bonds. The van der Waals surface area contributed by atoms with E-state index in [0.29, 0.717) is 12.0 Å². The van der Waals surface area contributed by atoms with E-state index in [9.17, 15) is 13.0 Å². The lowest BCUT2D eigenvalue weighted by Crippen LogP contribution is -2.07. The minimum atomic E-state index is -4.33. The Labute approximate surface area is 105 Å². The Balaban J connectivity index is 2.72. The Morgan fingerprint density at radius 3 is 2.61 bits per heavy atom. The van der Waals surface area contributed by atoms with Crippen LogP contribution in [0, 0.1) is 0 Å². The van der Waals surface area contributed by atoms with Crippen LogP contribution < -0.4 is 5.48 Å². The van der Waals surface area contributed by atoms with Crippen LogP contribution in [0.15, 0.2) is 41.3 Å². The van der Waals surface area contributed by atoms with E-state index in [4.69, 9.17) is 4.84 Å². The van der Waals surface area contributed by atoms with Crippen molar-refractivity contribution in [1.29, 1.82) is 0 Å². The van der Waals surface area contributed by atoms with Gasteiger partial charge in [0.2, 0.25) is 0 Å². The second kappa shape index (κ2) is 4.93. The van der Waals surface area contributed by atoms with E-state index < -0.39 is 10.1 Å². The van der Waals surface area contributed by atoms with Crippen molar-refractivity contribution < 1.29 is 17.8 Å². The molecule has 6 heteroatoms. The van der Waals surface area contributed by atoms with E-state index >= 15 is 0 Å². The van der Waals surface area contributed by atoms with Crippen molar-refractivity contribution in [1.82, 2.24) is 0 Å². The average molecular weight is 267 g/mol. The molecule has 0 saturated heterocycles. The van der Waals surface area contributed by atoms with Gasteiger partial charge in [-0.05, 0) is 18.4 Å². The minimum Gasteiger partial charge on any atom is -0.282 e. The molecule has 0 heterocycles. The third-order valence-electron chi connectivity index (χ3n) is 2.46. The van der Waals surface area contributed by atoms with Gasteiger partial charge in [0, 0.05) is 5.39 Å². The summed E-state index contributed by atoms with van der Waals surface area (Å²) in [6, 6.07) is 10.2. The Morgan fingerprint density at radius 1 is 1.22 bits per heavy atom. The van der Waals surface area contributed by atoms with Crippen molar-refractivity contribution in [2.45, 2.75) is 11.8 Å². The normalized spacial score (nSPS) is 11.7. The summed E-state index contributed by atoms with van der Waals surface area (Å²) in [5.41, 5.74) is 2.74. The van der Waals surface area contributed by atoms with Crippen molar-refractivity contribution in [3.8, 4) is 0 Å². The molecule has 0 aliphatic heterocycles. The Morgan fingerprint density at radius 2 is 1.94 bits per heavy atom. The van der Waals surface area contributed by atoms with Crippen LogP contribution in [0.4, 0.5) is 5.69 Å². The summed E-state index contributed by atoms with van der Waals surface area (Å²) in [5, 5.41) is 1.18. The highest BCUT2D eigenvalue weighted by Gasteiger charge is 2.19. The quantitative estimate of drug-likeness (QED) is 0.657. The molecule has 0 atom stereocenters. The molecule has 18 heavy (non-hydrogen) atoms. The fourth-order valence-corrected chi connectivity index (χ4v) is 2.60. The van der Waals surface area contributed by atoms with Gasteiger partial charge in [-0.2, -0.15) is 8.42 Å². The first-order chi connectivity index (χ1) is 8.54. The summed E-state index contributed by atoms with van der Waals surface area (Å²) in [4.78, 5) is 4.81. The van der Waals surface area contributed by atoms with Crippen LogP contribution in [0.3, 0.4) is 0 Å². The average Bonchev–Trinajstić information content (AvgIpc) is 2.34. The number of fused-ring (bicyclic) bond motifs is 1. The highest BCUT2D eigenvalue weighted by atomic mass is 32.2. The maximum atomic E-state index is 11.5. The van der Waals surface area contributed by atoms with E-state index in [2.05, 4.69) is 5.48 Å². The van der Waals surface area contributed by atoms with Gasteiger partial charge in [-0.3, -0.25) is 14.9 Å². The molecule has 0 aliphatic carbocycles. The van der Waals surface area contributed by atoms with Crippen LogP contribution in [0.5, 0.6) is 0 Å². The number of rotatable bonds is 4. The minimum absolute atomic E-state index is 0.172. The van der Waals surface area contributed by atoms with Crippen molar-refractivity contribution >= 4 is 26.6 Å². The predicted molar refractivity (Wildman–Crippen MR) is 69.0 cm³/mol. The zero-order valence-corrected chi connectivity index (χ0v) is 10.6. The summed E-state index contributed by atoms with van der Waals surface area (Å²) in [5.74, 6) is 0. The number of hydrogen-bond donors (Lipinski definition) is 2. The van der Waals surface area contributed by atoms with Gasteiger partial charge in [-0.1, -0.05) is 30.3 Å². The van der Waals surface area contributed by atoms with E-state index in [1.807, 2.05) is 0 Å². The molecule has 2 aromatic rings. The lowest BCUT2D eigenvalue weighted by molar-refractivity contribution is 0.209. The monoisotopic (exact) mass is 267 g/mol. The zero-order valence-electron chi connectivity index (χ0n) is 9.75. The van der Waals surface area contributed by atoms with Gasteiger partial charge < -0.3 is 0 Å². The van der Waals surface area contributed by atoms with Gasteiger partial charge in [0.15, 0.2) is 0 Å². The van der Waals surface area contributed by atoms with Crippen LogP contribution in [-0.4, -0.2) is 19.6 Å². The lowest BCUT2D eigenvalue weighted by atomic mass is 10.1. The number of nitrogens with one attached hydrogen (secondary N) is 1. The topological polar surface area (TPSA) is 75.6 Å². The van der Waals surface area contributed by atoms with Crippen LogP contribution in [0.2, 0.25) is 0 Å². The number of anilines is 1. The Bertz CT molecular complexity index is 667. The maximum absolute atomic E-state index is 11.5. The Kier molecular flexibility index (Phi) is 3.51. The van der Waals surface area contributed by atoms with Crippen molar-refractivity contribution in [3.63, 3.8) is 0 Å².